The monoisotopic (exact) mass is 570 g/mol. The highest BCUT2D eigenvalue weighted by Crippen LogP contribution is 2.34. The Balaban J connectivity index is 1.58. The average Bonchev–Trinajstić information content (AvgIpc) is 3.43. The summed E-state index contributed by atoms with van der Waals surface area (Å²) in [5.74, 6) is -0.00444. The predicted molar refractivity (Wildman–Crippen MR) is 146 cm³/mol. The molecule has 5 rings (SSSR count). The number of thiazole rings is 1. The van der Waals surface area contributed by atoms with Crippen molar-refractivity contribution in [3.8, 4) is 0 Å². The first-order valence-corrected chi connectivity index (χ1v) is 13.7. The quantitative estimate of drug-likeness (QED) is 0.272. The fraction of sp³-hybridized carbons (Fsp3) is 0.148. The molecule has 0 fully saturated rings. The van der Waals surface area contributed by atoms with Crippen molar-refractivity contribution < 1.29 is 13.9 Å². The maximum atomic E-state index is 13.7. The van der Waals surface area contributed by atoms with Crippen LogP contribution in [0.25, 0.3) is 6.08 Å². The Bertz CT molecular complexity index is 1700. The van der Waals surface area contributed by atoms with Gasteiger partial charge in [-0.15, -0.1) is 0 Å². The Morgan fingerprint density at radius 2 is 1.92 bits per heavy atom. The standard InChI is InChI=1S/C27H20Cl2N2O4S2/c1-3-34-26(33)23-15(2)30-27-31(24(23)19-6-4-5-7-20(19)29)25(32)21(37-27)14-17-10-13-22(35-17)36-18-11-8-16(28)9-12-18/h4-14,24H,3H2,1-2H3/b21-14+/t24-/m0/s1. The van der Waals surface area contributed by atoms with Crippen molar-refractivity contribution in [2.45, 2.75) is 29.9 Å². The van der Waals surface area contributed by atoms with Crippen LogP contribution in [0.5, 0.6) is 0 Å². The maximum Gasteiger partial charge on any atom is 0.338 e. The first-order valence-electron chi connectivity index (χ1n) is 11.3. The average molecular weight is 572 g/mol. The summed E-state index contributed by atoms with van der Waals surface area (Å²) < 4.78 is 13.2. The number of ether oxygens (including phenoxy) is 1. The molecule has 37 heavy (non-hydrogen) atoms. The molecule has 2 aromatic carbocycles. The van der Waals surface area contributed by atoms with E-state index in [0.29, 0.717) is 41.5 Å². The summed E-state index contributed by atoms with van der Waals surface area (Å²) in [4.78, 5) is 32.7. The molecule has 3 heterocycles. The highest BCUT2D eigenvalue weighted by atomic mass is 35.5. The lowest BCUT2D eigenvalue weighted by Gasteiger charge is -2.25. The molecule has 0 saturated heterocycles. The molecule has 1 aliphatic rings. The summed E-state index contributed by atoms with van der Waals surface area (Å²) in [5, 5.41) is 1.78. The zero-order chi connectivity index (χ0) is 26.1. The lowest BCUT2D eigenvalue weighted by Crippen LogP contribution is -2.40. The molecule has 1 aliphatic heterocycles. The normalized spacial score (nSPS) is 15.5. The van der Waals surface area contributed by atoms with Gasteiger partial charge in [0.1, 0.15) is 11.8 Å². The van der Waals surface area contributed by atoms with Gasteiger partial charge in [-0.2, -0.15) is 0 Å². The van der Waals surface area contributed by atoms with Crippen LogP contribution in [0.15, 0.2) is 96.1 Å². The SMILES string of the molecule is CCOC(=O)C1=C(C)N=c2s/c(=C/c3ccc(Sc4ccc(Cl)cc4)o3)c(=O)n2[C@H]1c1ccccc1Cl. The molecule has 0 aliphatic carbocycles. The number of nitrogens with zero attached hydrogens (tertiary/aromatic N) is 2. The van der Waals surface area contributed by atoms with Crippen LogP contribution in [0.4, 0.5) is 0 Å². The van der Waals surface area contributed by atoms with Crippen LogP contribution in [-0.2, 0) is 9.53 Å². The highest BCUT2D eigenvalue weighted by molar-refractivity contribution is 7.99. The van der Waals surface area contributed by atoms with Crippen molar-refractivity contribution in [3.63, 3.8) is 0 Å². The number of rotatable bonds is 6. The fourth-order valence-corrected chi connectivity index (χ4v) is 6.17. The summed E-state index contributed by atoms with van der Waals surface area (Å²) >= 11 is 15.2. The molecule has 0 amide bonds. The van der Waals surface area contributed by atoms with Gasteiger partial charge >= 0.3 is 5.97 Å². The third-order valence-electron chi connectivity index (χ3n) is 5.62. The Morgan fingerprint density at radius 1 is 1.16 bits per heavy atom. The van der Waals surface area contributed by atoms with Gasteiger partial charge in [-0.05, 0) is 61.9 Å². The summed E-state index contributed by atoms with van der Waals surface area (Å²) in [6, 6.07) is 17.5. The van der Waals surface area contributed by atoms with Gasteiger partial charge in [-0.25, -0.2) is 9.79 Å². The van der Waals surface area contributed by atoms with E-state index in [-0.39, 0.29) is 17.7 Å². The van der Waals surface area contributed by atoms with E-state index in [1.54, 1.807) is 44.2 Å². The smallest absolute Gasteiger partial charge is 0.338 e. The molecule has 0 saturated carbocycles. The molecule has 6 nitrogen and oxygen atoms in total. The number of hydrogen-bond donors (Lipinski definition) is 0. The van der Waals surface area contributed by atoms with E-state index in [2.05, 4.69) is 4.99 Å². The molecule has 188 valence electrons. The van der Waals surface area contributed by atoms with Crippen molar-refractivity contribution in [2.24, 2.45) is 4.99 Å². The van der Waals surface area contributed by atoms with Crippen LogP contribution >= 0.6 is 46.3 Å². The third-order valence-corrected chi connectivity index (χ3v) is 8.13. The zero-order valence-corrected chi connectivity index (χ0v) is 22.9. The van der Waals surface area contributed by atoms with E-state index in [1.807, 2.05) is 36.4 Å². The molecule has 0 N–H and O–H groups in total. The Morgan fingerprint density at radius 3 is 2.65 bits per heavy atom. The zero-order valence-electron chi connectivity index (χ0n) is 19.7. The Kier molecular flexibility index (Phi) is 7.44. The minimum Gasteiger partial charge on any atom is -0.463 e. The van der Waals surface area contributed by atoms with Crippen LogP contribution in [0.1, 0.15) is 31.2 Å². The Hall–Kier alpha value is -3.04. The second-order valence-electron chi connectivity index (χ2n) is 8.04. The van der Waals surface area contributed by atoms with Crippen molar-refractivity contribution >= 4 is 58.3 Å². The van der Waals surface area contributed by atoms with Gasteiger partial charge < -0.3 is 9.15 Å². The van der Waals surface area contributed by atoms with Crippen molar-refractivity contribution in [1.29, 1.82) is 0 Å². The molecular weight excluding hydrogens is 551 g/mol. The van der Waals surface area contributed by atoms with E-state index in [9.17, 15) is 9.59 Å². The second kappa shape index (κ2) is 10.8. The number of allylic oxidation sites excluding steroid dienone is 1. The largest absolute Gasteiger partial charge is 0.463 e. The van der Waals surface area contributed by atoms with Gasteiger partial charge in [0.2, 0.25) is 0 Å². The number of esters is 1. The van der Waals surface area contributed by atoms with Crippen LogP contribution in [0.3, 0.4) is 0 Å². The molecule has 2 aromatic heterocycles. The minimum atomic E-state index is -0.765. The molecule has 0 bridgehead atoms. The Labute approximate surface area is 230 Å². The maximum absolute atomic E-state index is 13.7. The lowest BCUT2D eigenvalue weighted by atomic mass is 9.96. The van der Waals surface area contributed by atoms with Crippen LogP contribution in [-0.4, -0.2) is 17.1 Å². The molecule has 10 heteroatoms. The van der Waals surface area contributed by atoms with E-state index >= 15 is 0 Å². The number of fused-ring (bicyclic) bond motifs is 1. The van der Waals surface area contributed by atoms with Crippen LogP contribution in [0.2, 0.25) is 10.0 Å². The number of furan rings is 1. The van der Waals surface area contributed by atoms with E-state index < -0.39 is 12.0 Å². The van der Waals surface area contributed by atoms with E-state index in [4.69, 9.17) is 32.4 Å². The first kappa shape index (κ1) is 25.6. The number of carbonyl (C=O) groups is 1. The molecular formula is C27H20Cl2N2O4S2. The van der Waals surface area contributed by atoms with Gasteiger partial charge in [0, 0.05) is 21.0 Å². The van der Waals surface area contributed by atoms with Gasteiger partial charge in [0.15, 0.2) is 9.89 Å². The number of carbonyl (C=O) groups excluding carboxylic acids is 1. The van der Waals surface area contributed by atoms with Crippen molar-refractivity contribution in [3.05, 3.63) is 113 Å². The minimum absolute atomic E-state index is 0.199. The molecule has 0 unspecified atom stereocenters. The first-order chi connectivity index (χ1) is 17.9. The summed E-state index contributed by atoms with van der Waals surface area (Å²) in [6.07, 6.45) is 1.68. The molecule has 1 atom stereocenters. The molecule has 4 aromatic rings. The summed E-state index contributed by atoms with van der Waals surface area (Å²) in [6.45, 7) is 3.67. The summed E-state index contributed by atoms with van der Waals surface area (Å²) in [5.41, 5.74) is 1.09. The van der Waals surface area contributed by atoms with Crippen LogP contribution in [0, 0.1) is 0 Å². The molecule has 0 spiro atoms. The number of benzene rings is 2. The summed E-state index contributed by atoms with van der Waals surface area (Å²) in [7, 11) is 0. The van der Waals surface area contributed by atoms with Crippen molar-refractivity contribution in [2.75, 3.05) is 6.61 Å². The van der Waals surface area contributed by atoms with Gasteiger partial charge in [-0.1, -0.05) is 64.5 Å². The fourth-order valence-electron chi connectivity index (χ4n) is 4.00. The number of halogens is 2. The molecule has 0 radical (unpaired) electrons. The van der Waals surface area contributed by atoms with E-state index in [0.717, 1.165) is 4.90 Å². The number of aromatic nitrogens is 1. The third kappa shape index (κ3) is 5.20. The van der Waals surface area contributed by atoms with Crippen molar-refractivity contribution in [1.82, 2.24) is 4.57 Å². The second-order valence-corrected chi connectivity index (χ2v) is 11.0. The van der Waals surface area contributed by atoms with Gasteiger partial charge in [0.05, 0.1) is 22.4 Å². The highest BCUT2D eigenvalue weighted by Gasteiger charge is 2.34. The predicted octanol–water partition coefficient (Wildman–Crippen LogP) is 5.85. The van der Waals surface area contributed by atoms with E-state index in [1.165, 1.54) is 27.7 Å². The topological polar surface area (TPSA) is 73.8 Å². The van der Waals surface area contributed by atoms with Crippen LogP contribution < -0.4 is 14.9 Å². The lowest BCUT2D eigenvalue weighted by molar-refractivity contribution is -0.139. The van der Waals surface area contributed by atoms with Gasteiger partial charge in [0.25, 0.3) is 5.56 Å². The number of hydrogen-bond acceptors (Lipinski definition) is 7. The van der Waals surface area contributed by atoms with Gasteiger partial charge in [-0.3, -0.25) is 9.36 Å².